The number of pyridine rings is 1. The molecule has 5 rings (SSSR count). The van der Waals surface area contributed by atoms with Gasteiger partial charge in [0.1, 0.15) is 0 Å². The van der Waals surface area contributed by atoms with Gasteiger partial charge in [-0.1, -0.05) is 41.9 Å². The summed E-state index contributed by atoms with van der Waals surface area (Å²) in [5.74, 6) is 1.13. The van der Waals surface area contributed by atoms with Gasteiger partial charge in [0.15, 0.2) is 0 Å². The van der Waals surface area contributed by atoms with Crippen LogP contribution in [-0.2, 0) is 6.42 Å². The number of nitrogens with zero attached hydrogens (tertiary/aromatic N) is 3. The lowest BCUT2D eigenvalue weighted by Gasteiger charge is -2.15. The van der Waals surface area contributed by atoms with Crippen molar-refractivity contribution in [3.63, 3.8) is 0 Å². The molecule has 1 fully saturated rings. The van der Waals surface area contributed by atoms with E-state index in [-0.39, 0.29) is 5.69 Å². The predicted molar refractivity (Wildman–Crippen MR) is 118 cm³/mol. The zero-order valence-corrected chi connectivity index (χ0v) is 17.3. The highest BCUT2D eigenvalue weighted by molar-refractivity contribution is 6.32. The molecule has 2 aromatic carbocycles. The van der Waals surface area contributed by atoms with Crippen LogP contribution in [0.3, 0.4) is 0 Å². The number of fused-ring (bicyclic) bond motifs is 1. The lowest BCUT2D eigenvalue weighted by Crippen LogP contribution is -2.24. The van der Waals surface area contributed by atoms with Crippen molar-refractivity contribution in [2.75, 3.05) is 7.11 Å². The van der Waals surface area contributed by atoms with E-state index in [1.54, 1.807) is 23.9 Å². The predicted octanol–water partition coefficient (Wildman–Crippen LogP) is 4.91. The summed E-state index contributed by atoms with van der Waals surface area (Å²) in [7, 11) is 1.59. The van der Waals surface area contributed by atoms with Crippen molar-refractivity contribution in [1.82, 2.24) is 14.5 Å². The van der Waals surface area contributed by atoms with E-state index in [2.05, 4.69) is 28.2 Å². The number of methoxy groups -OCH3 is 1. The summed E-state index contributed by atoms with van der Waals surface area (Å²) in [4.78, 5) is 21.9. The Morgan fingerprint density at radius 2 is 1.97 bits per heavy atom. The number of ether oxygens (including phenoxy) is 1. The van der Waals surface area contributed by atoms with Crippen molar-refractivity contribution < 1.29 is 4.74 Å². The molecule has 1 aliphatic carbocycles. The molecule has 1 aliphatic rings. The van der Waals surface area contributed by atoms with Gasteiger partial charge in [-0.25, -0.2) is 9.78 Å². The average molecular weight is 418 g/mol. The van der Waals surface area contributed by atoms with Crippen LogP contribution in [0, 0.1) is 0 Å². The maximum absolute atomic E-state index is 13.2. The quantitative estimate of drug-likeness (QED) is 0.463. The molecule has 0 amide bonds. The van der Waals surface area contributed by atoms with Crippen LogP contribution < -0.4 is 10.4 Å². The Morgan fingerprint density at radius 1 is 1.13 bits per heavy atom. The Labute approximate surface area is 178 Å². The third-order valence-corrected chi connectivity index (χ3v) is 5.84. The Morgan fingerprint density at radius 3 is 2.67 bits per heavy atom. The smallest absolute Gasteiger partial charge is 0.352 e. The molecule has 0 saturated heterocycles. The van der Waals surface area contributed by atoms with Crippen LogP contribution in [0.5, 0.6) is 5.88 Å². The molecule has 30 heavy (non-hydrogen) atoms. The fourth-order valence-corrected chi connectivity index (χ4v) is 4.03. The number of hydrogen-bond donors (Lipinski definition) is 0. The number of para-hydroxylation sites is 1. The Hall–Kier alpha value is -3.18. The van der Waals surface area contributed by atoms with E-state index in [0.717, 1.165) is 22.2 Å². The number of rotatable bonds is 5. The van der Waals surface area contributed by atoms with E-state index in [9.17, 15) is 4.79 Å². The molecule has 0 N–H and O–H groups in total. The minimum atomic E-state index is -0.333. The van der Waals surface area contributed by atoms with E-state index in [1.165, 1.54) is 18.4 Å². The number of hydrogen-bond acceptors (Lipinski definition) is 4. The summed E-state index contributed by atoms with van der Waals surface area (Å²) in [6, 6.07) is 17.5. The monoisotopic (exact) mass is 417 g/mol. The fraction of sp³-hybridized carbons (Fsp3) is 0.208. The minimum Gasteiger partial charge on any atom is -0.481 e. The highest BCUT2D eigenvalue weighted by atomic mass is 35.5. The first-order valence-corrected chi connectivity index (χ1v) is 10.3. The number of halogens is 1. The molecule has 5 nitrogen and oxygen atoms in total. The largest absolute Gasteiger partial charge is 0.481 e. The number of aromatic nitrogens is 3. The Kier molecular flexibility index (Phi) is 4.75. The SMILES string of the molecule is COc1ccc(Cc2nc(=O)n(-c3ccccc3Cl)c3cc(C4CC4)ccc23)cn1. The number of benzene rings is 2. The minimum absolute atomic E-state index is 0.333. The van der Waals surface area contributed by atoms with Gasteiger partial charge in [-0.15, -0.1) is 0 Å². The van der Waals surface area contributed by atoms with Gasteiger partial charge in [0.05, 0.1) is 29.0 Å². The van der Waals surface area contributed by atoms with Crippen LogP contribution in [0.4, 0.5) is 0 Å². The van der Waals surface area contributed by atoms with E-state index in [0.29, 0.717) is 28.9 Å². The summed E-state index contributed by atoms with van der Waals surface area (Å²) in [5.41, 5.74) is 4.10. The van der Waals surface area contributed by atoms with Gasteiger partial charge in [-0.3, -0.25) is 4.57 Å². The Bertz CT molecular complexity index is 1290. The lowest BCUT2D eigenvalue weighted by molar-refractivity contribution is 0.397. The summed E-state index contributed by atoms with van der Waals surface area (Å²) >= 11 is 6.44. The molecule has 2 aromatic heterocycles. The normalized spacial score (nSPS) is 13.5. The van der Waals surface area contributed by atoms with Crippen LogP contribution in [0.15, 0.2) is 65.6 Å². The highest BCUT2D eigenvalue weighted by Gasteiger charge is 2.25. The molecule has 2 heterocycles. The van der Waals surface area contributed by atoms with Gasteiger partial charge >= 0.3 is 5.69 Å². The molecule has 0 aliphatic heterocycles. The first-order valence-electron chi connectivity index (χ1n) is 9.93. The van der Waals surface area contributed by atoms with E-state index in [1.807, 2.05) is 30.3 Å². The maximum atomic E-state index is 13.2. The highest BCUT2D eigenvalue weighted by Crippen LogP contribution is 2.41. The molecule has 150 valence electrons. The third kappa shape index (κ3) is 3.46. The maximum Gasteiger partial charge on any atom is 0.352 e. The van der Waals surface area contributed by atoms with Gasteiger partial charge < -0.3 is 4.74 Å². The fourth-order valence-electron chi connectivity index (χ4n) is 3.81. The van der Waals surface area contributed by atoms with Crippen LogP contribution in [0.1, 0.15) is 35.6 Å². The van der Waals surface area contributed by atoms with Gasteiger partial charge in [-0.05, 0) is 48.1 Å². The van der Waals surface area contributed by atoms with Crippen LogP contribution >= 0.6 is 11.6 Å². The first kappa shape index (κ1) is 18.8. The van der Waals surface area contributed by atoms with Gasteiger partial charge in [-0.2, -0.15) is 4.98 Å². The molecule has 0 atom stereocenters. The van der Waals surface area contributed by atoms with E-state index < -0.39 is 0 Å². The van der Waals surface area contributed by atoms with Crippen LogP contribution in [0.25, 0.3) is 16.6 Å². The Balaban J connectivity index is 1.70. The van der Waals surface area contributed by atoms with Crippen molar-refractivity contribution in [1.29, 1.82) is 0 Å². The van der Waals surface area contributed by atoms with Crippen molar-refractivity contribution >= 4 is 22.5 Å². The second-order valence-corrected chi connectivity index (χ2v) is 7.97. The van der Waals surface area contributed by atoms with Gasteiger partial charge in [0.2, 0.25) is 5.88 Å². The van der Waals surface area contributed by atoms with Crippen LogP contribution in [-0.4, -0.2) is 21.6 Å². The van der Waals surface area contributed by atoms with E-state index in [4.69, 9.17) is 16.3 Å². The first-order chi connectivity index (χ1) is 14.6. The van der Waals surface area contributed by atoms with Crippen molar-refractivity contribution in [2.45, 2.75) is 25.2 Å². The molecule has 4 aromatic rings. The summed E-state index contributed by atoms with van der Waals surface area (Å²) in [6.07, 6.45) is 4.65. The zero-order chi connectivity index (χ0) is 20.7. The van der Waals surface area contributed by atoms with Crippen molar-refractivity contribution in [3.8, 4) is 11.6 Å². The second-order valence-electron chi connectivity index (χ2n) is 7.56. The van der Waals surface area contributed by atoms with Crippen LogP contribution in [0.2, 0.25) is 5.02 Å². The standard InChI is InChI=1S/C24H20ClN3O2/c1-30-23-11-6-15(14-26-23)12-20-18-10-9-17(16-7-8-16)13-22(18)28(24(29)27-20)21-5-3-2-4-19(21)25/h2-6,9-11,13-14,16H,7-8,12H2,1H3. The van der Waals surface area contributed by atoms with Crippen molar-refractivity contribution in [3.05, 3.63) is 93.1 Å². The molecule has 1 saturated carbocycles. The molecule has 0 spiro atoms. The summed E-state index contributed by atoms with van der Waals surface area (Å²) in [6.45, 7) is 0. The van der Waals surface area contributed by atoms with Crippen molar-refractivity contribution in [2.24, 2.45) is 0 Å². The third-order valence-electron chi connectivity index (χ3n) is 5.52. The summed E-state index contributed by atoms with van der Waals surface area (Å²) < 4.78 is 6.76. The van der Waals surface area contributed by atoms with Gasteiger partial charge in [0.25, 0.3) is 0 Å². The molecular formula is C24H20ClN3O2. The van der Waals surface area contributed by atoms with E-state index >= 15 is 0 Å². The molecule has 0 unspecified atom stereocenters. The molecule has 0 radical (unpaired) electrons. The zero-order valence-electron chi connectivity index (χ0n) is 16.5. The molecule has 6 heteroatoms. The van der Waals surface area contributed by atoms with Gasteiger partial charge in [0, 0.05) is 24.1 Å². The summed E-state index contributed by atoms with van der Waals surface area (Å²) in [5, 5.41) is 1.46. The topological polar surface area (TPSA) is 57.0 Å². The second kappa shape index (κ2) is 7.58. The average Bonchev–Trinajstić information content (AvgIpc) is 3.60. The molecular weight excluding hydrogens is 398 g/mol. The lowest BCUT2D eigenvalue weighted by atomic mass is 10.0. The molecule has 0 bridgehead atoms.